The summed E-state index contributed by atoms with van der Waals surface area (Å²) in [4.78, 5) is 16.7. The van der Waals surface area contributed by atoms with Crippen molar-refractivity contribution in [1.82, 2.24) is 10.3 Å². The third-order valence-electron chi connectivity index (χ3n) is 4.83. The molecule has 0 saturated heterocycles. The van der Waals surface area contributed by atoms with Crippen LogP contribution >= 0.6 is 11.3 Å². The predicted molar refractivity (Wildman–Crippen MR) is 104 cm³/mol. The van der Waals surface area contributed by atoms with E-state index in [9.17, 15) is 4.79 Å². The molecule has 26 heavy (non-hydrogen) atoms. The Kier molecular flexibility index (Phi) is 6.50. The van der Waals surface area contributed by atoms with Gasteiger partial charge >= 0.3 is 0 Å². The van der Waals surface area contributed by atoms with Gasteiger partial charge in [0.15, 0.2) is 11.5 Å². The third kappa shape index (κ3) is 4.75. The SMILES string of the molecule is COc1ccc(-c2nc(CCNC(=O)CC3CCCC3)cs2)cc1OC. The molecule has 0 atom stereocenters. The molecule has 1 amide bonds. The van der Waals surface area contributed by atoms with E-state index in [2.05, 4.69) is 15.7 Å². The maximum Gasteiger partial charge on any atom is 0.220 e. The number of carbonyl (C=O) groups excluding carboxylic acids is 1. The van der Waals surface area contributed by atoms with Crippen molar-refractivity contribution in [2.75, 3.05) is 20.8 Å². The van der Waals surface area contributed by atoms with Crippen LogP contribution < -0.4 is 14.8 Å². The highest BCUT2D eigenvalue weighted by molar-refractivity contribution is 7.13. The Hall–Kier alpha value is -2.08. The Morgan fingerprint density at radius 2 is 2.00 bits per heavy atom. The summed E-state index contributed by atoms with van der Waals surface area (Å²) in [6.07, 6.45) is 6.38. The maximum atomic E-state index is 12.0. The van der Waals surface area contributed by atoms with Gasteiger partial charge in [0, 0.05) is 30.3 Å². The number of rotatable bonds is 8. The van der Waals surface area contributed by atoms with E-state index in [0.29, 0.717) is 30.4 Å². The molecule has 1 aromatic carbocycles. The Labute approximate surface area is 158 Å². The van der Waals surface area contributed by atoms with E-state index < -0.39 is 0 Å². The van der Waals surface area contributed by atoms with E-state index >= 15 is 0 Å². The van der Waals surface area contributed by atoms with E-state index in [-0.39, 0.29) is 5.91 Å². The monoisotopic (exact) mass is 374 g/mol. The van der Waals surface area contributed by atoms with Crippen molar-refractivity contribution in [2.24, 2.45) is 5.92 Å². The molecule has 1 aromatic heterocycles. The van der Waals surface area contributed by atoms with Crippen LogP contribution in [0.5, 0.6) is 11.5 Å². The minimum Gasteiger partial charge on any atom is -0.493 e. The van der Waals surface area contributed by atoms with Crippen LogP contribution in [0.2, 0.25) is 0 Å². The van der Waals surface area contributed by atoms with Crippen molar-refractivity contribution in [3.05, 3.63) is 29.3 Å². The normalized spacial score (nSPS) is 14.4. The molecular weight excluding hydrogens is 348 g/mol. The van der Waals surface area contributed by atoms with Crippen molar-refractivity contribution >= 4 is 17.2 Å². The average Bonchev–Trinajstić information content (AvgIpc) is 3.33. The molecule has 140 valence electrons. The highest BCUT2D eigenvalue weighted by atomic mass is 32.1. The van der Waals surface area contributed by atoms with Crippen LogP contribution in [0, 0.1) is 5.92 Å². The van der Waals surface area contributed by atoms with Gasteiger partial charge in [0.1, 0.15) is 5.01 Å². The first-order valence-corrected chi connectivity index (χ1v) is 10.0. The van der Waals surface area contributed by atoms with Gasteiger partial charge in [-0.25, -0.2) is 4.98 Å². The van der Waals surface area contributed by atoms with Gasteiger partial charge < -0.3 is 14.8 Å². The van der Waals surface area contributed by atoms with Gasteiger partial charge in [0.05, 0.1) is 19.9 Å². The Balaban J connectivity index is 1.52. The Morgan fingerprint density at radius 3 is 2.73 bits per heavy atom. The Bertz CT molecular complexity index is 738. The number of ether oxygens (including phenoxy) is 2. The van der Waals surface area contributed by atoms with Crippen molar-refractivity contribution in [2.45, 2.75) is 38.5 Å². The van der Waals surface area contributed by atoms with Gasteiger partial charge in [-0.05, 0) is 37.0 Å². The second-order valence-corrected chi connectivity index (χ2v) is 7.53. The Morgan fingerprint density at radius 1 is 1.23 bits per heavy atom. The molecule has 1 fully saturated rings. The fourth-order valence-corrected chi connectivity index (χ4v) is 4.25. The first-order valence-electron chi connectivity index (χ1n) is 9.13. The summed E-state index contributed by atoms with van der Waals surface area (Å²) in [6, 6.07) is 5.80. The second-order valence-electron chi connectivity index (χ2n) is 6.67. The number of methoxy groups -OCH3 is 2. The minimum absolute atomic E-state index is 0.173. The van der Waals surface area contributed by atoms with Crippen molar-refractivity contribution < 1.29 is 14.3 Å². The highest BCUT2D eigenvalue weighted by Crippen LogP contribution is 2.33. The zero-order valence-electron chi connectivity index (χ0n) is 15.4. The molecule has 3 rings (SSSR count). The number of thiazole rings is 1. The topological polar surface area (TPSA) is 60.5 Å². The first-order chi connectivity index (χ1) is 12.7. The lowest BCUT2D eigenvalue weighted by atomic mass is 10.0. The molecule has 1 saturated carbocycles. The van der Waals surface area contributed by atoms with E-state index in [1.165, 1.54) is 25.7 Å². The fourth-order valence-electron chi connectivity index (χ4n) is 3.40. The van der Waals surface area contributed by atoms with Crippen LogP contribution in [0.4, 0.5) is 0 Å². The maximum absolute atomic E-state index is 12.0. The molecule has 0 spiro atoms. The van der Waals surface area contributed by atoms with Crippen LogP contribution in [-0.4, -0.2) is 31.7 Å². The lowest BCUT2D eigenvalue weighted by Gasteiger charge is -2.09. The van der Waals surface area contributed by atoms with Gasteiger partial charge in [-0.1, -0.05) is 12.8 Å². The number of hydrogen-bond acceptors (Lipinski definition) is 5. The molecule has 5 nitrogen and oxygen atoms in total. The van der Waals surface area contributed by atoms with Gasteiger partial charge in [0.2, 0.25) is 5.91 Å². The van der Waals surface area contributed by atoms with E-state index in [4.69, 9.17) is 9.47 Å². The summed E-state index contributed by atoms with van der Waals surface area (Å²) in [5.74, 6) is 2.16. The summed E-state index contributed by atoms with van der Waals surface area (Å²) < 4.78 is 10.6. The lowest BCUT2D eigenvalue weighted by Crippen LogP contribution is -2.27. The number of carbonyl (C=O) groups is 1. The van der Waals surface area contributed by atoms with Crippen LogP contribution in [0.15, 0.2) is 23.6 Å². The molecule has 1 aliphatic rings. The number of aromatic nitrogens is 1. The van der Waals surface area contributed by atoms with Crippen LogP contribution in [-0.2, 0) is 11.2 Å². The summed E-state index contributed by atoms with van der Waals surface area (Å²) in [5.41, 5.74) is 2.00. The number of amides is 1. The summed E-state index contributed by atoms with van der Waals surface area (Å²) in [5, 5.41) is 6.02. The molecule has 1 aliphatic carbocycles. The smallest absolute Gasteiger partial charge is 0.220 e. The van der Waals surface area contributed by atoms with Crippen molar-refractivity contribution in [1.29, 1.82) is 0 Å². The molecule has 0 radical (unpaired) electrons. The largest absolute Gasteiger partial charge is 0.493 e. The van der Waals surface area contributed by atoms with Crippen molar-refractivity contribution in [3.8, 4) is 22.1 Å². The summed E-state index contributed by atoms with van der Waals surface area (Å²) in [7, 11) is 3.25. The molecule has 1 N–H and O–H groups in total. The van der Waals surface area contributed by atoms with E-state index in [1.54, 1.807) is 25.6 Å². The fraction of sp³-hybridized carbons (Fsp3) is 0.500. The molecular formula is C20H26N2O3S. The molecule has 0 aliphatic heterocycles. The number of nitrogens with one attached hydrogen (secondary N) is 1. The van der Waals surface area contributed by atoms with E-state index in [0.717, 1.165) is 22.7 Å². The molecule has 0 unspecified atom stereocenters. The second kappa shape index (κ2) is 9.03. The minimum atomic E-state index is 0.173. The predicted octanol–water partition coefficient (Wildman–Crippen LogP) is 4.07. The standard InChI is InChI=1S/C20H26N2O3S/c1-24-17-8-7-15(12-18(17)25-2)20-22-16(13-26-20)9-10-21-19(23)11-14-5-3-4-6-14/h7-8,12-14H,3-6,9-11H2,1-2H3,(H,21,23). The number of nitrogens with zero attached hydrogens (tertiary/aromatic N) is 1. The molecule has 2 aromatic rings. The number of hydrogen-bond donors (Lipinski definition) is 1. The molecule has 1 heterocycles. The van der Waals surface area contributed by atoms with Gasteiger partial charge in [-0.3, -0.25) is 4.79 Å². The molecule has 6 heteroatoms. The van der Waals surface area contributed by atoms with Crippen LogP contribution in [0.1, 0.15) is 37.8 Å². The average molecular weight is 375 g/mol. The third-order valence-corrected chi connectivity index (χ3v) is 5.77. The summed E-state index contributed by atoms with van der Waals surface area (Å²) >= 11 is 1.60. The zero-order chi connectivity index (χ0) is 18.4. The molecule has 0 bridgehead atoms. The van der Waals surface area contributed by atoms with Crippen LogP contribution in [0.3, 0.4) is 0 Å². The van der Waals surface area contributed by atoms with Gasteiger partial charge in [0.25, 0.3) is 0 Å². The lowest BCUT2D eigenvalue weighted by molar-refractivity contribution is -0.121. The van der Waals surface area contributed by atoms with Crippen LogP contribution in [0.25, 0.3) is 10.6 Å². The highest BCUT2D eigenvalue weighted by Gasteiger charge is 2.18. The summed E-state index contributed by atoms with van der Waals surface area (Å²) in [6.45, 7) is 0.640. The van der Waals surface area contributed by atoms with Crippen molar-refractivity contribution in [3.63, 3.8) is 0 Å². The first kappa shape index (κ1) is 18.7. The van der Waals surface area contributed by atoms with Gasteiger partial charge in [-0.15, -0.1) is 11.3 Å². The van der Waals surface area contributed by atoms with E-state index in [1.807, 2.05) is 18.2 Å². The van der Waals surface area contributed by atoms with Gasteiger partial charge in [-0.2, -0.15) is 0 Å². The zero-order valence-corrected chi connectivity index (χ0v) is 16.2. The quantitative estimate of drug-likeness (QED) is 0.757. The number of benzene rings is 1.